The second-order valence-corrected chi connectivity index (χ2v) is 6.90. The van der Waals surface area contributed by atoms with Gasteiger partial charge in [0.1, 0.15) is 5.75 Å². The Kier molecular flexibility index (Phi) is 4.27. The van der Waals surface area contributed by atoms with Crippen LogP contribution in [0.4, 0.5) is 0 Å². The number of esters is 2. The summed E-state index contributed by atoms with van der Waals surface area (Å²) in [5, 5.41) is 1.94. The molecular weight excluding hydrogens is 372 g/mol. The van der Waals surface area contributed by atoms with E-state index >= 15 is 0 Å². The van der Waals surface area contributed by atoms with E-state index in [-0.39, 0.29) is 6.79 Å². The van der Waals surface area contributed by atoms with Crippen LogP contribution in [0.25, 0.3) is 6.08 Å². The number of hydrogen-bond donors (Lipinski definition) is 0. The Bertz CT molecular complexity index is 900. The van der Waals surface area contributed by atoms with Gasteiger partial charge >= 0.3 is 17.5 Å². The Morgan fingerprint density at radius 3 is 2.48 bits per heavy atom. The molecule has 0 amide bonds. The van der Waals surface area contributed by atoms with E-state index in [1.165, 1.54) is 25.6 Å². The molecule has 27 heavy (non-hydrogen) atoms. The van der Waals surface area contributed by atoms with Crippen LogP contribution in [0, 0.1) is 0 Å². The van der Waals surface area contributed by atoms with Gasteiger partial charge in [-0.3, -0.25) is 0 Å². The summed E-state index contributed by atoms with van der Waals surface area (Å²) in [4.78, 5) is 26.3. The molecule has 0 unspecified atom stereocenters. The summed E-state index contributed by atoms with van der Waals surface area (Å²) in [6, 6.07) is 7.16. The summed E-state index contributed by atoms with van der Waals surface area (Å²) in [6.45, 7) is 0.104. The van der Waals surface area contributed by atoms with Gasteiger partial charge in [0.25, 0.3) is 0 Å². The quantitative estimate of drug-likeness (QED) is 0.588. The number of hydrogen-bond acceptors (Lipinski definition) is 8. The zero-order valence-corrected chi connectivity index (χ0v) is 15.4. The average molecular weight is 388 g/mol. The summed E-state index contributed by atoms with van der Waals surface area (Å²) in [5.41, 5.74) is -1.36. The first-order chi connectivity index (χ1) is 13.1. The number of methoxy groups -OCH3 is 2. The van der Waals surface area contributed by atoms with E-state index in [2.05, 4.69) is 0 Å². The monoisotopic (exact) mass is 388 g/mol. The summed E-state index contributed by atoms with van der Waals surface area (Å²) < 4.78 is 26.5. The van der Waals surface area contributed by atoms with Crippen LogP contribution < -0.4 is 14.2 Å². The molecule has 0 aliphatic carbocycles. The highest BCUT2D eigenvalue weighted by molar-refractivity contribution is 7.10. The van der Waals surface area contributed by atoms with Crippen LogP contribution in [0.15, 0.2) is 35.7 Å². The standard InChI is InChI=1S/C19H16O7S/c1-22-17(20)19(18(21)23-2)13(6-5-11-4-3-7-27-11)12-8-15-16(25-10-24-15)9-14(12)26-19/h3-9,13H,10H2,1-2H3/b6-5+/t13-/m0/s1. The highest BCUT2D eigenvalue weighted by Crippen LogP contribution is 2.51. The minimum Gasteiger partial charge on any atom is -0.466 e. The summed E-state index contributed by atoms with van der Waals surface area (Å²) in [5.74, 6) is -1.08. The van der Waals surface area contributed by atoms with Crippen LogP contribution >= 0.6 is 11.3 Å². The number of carbonyl (C=O) groups is 2. The number of fused-ring (bicyclic) bond motifs is 2. The fraction of sp³-hybridized carbons (Fsp3) is 0.263. The normalized spacial score (nSPS) is 18.8. The topological polar surface area (TPSA) is 80.3 Å². The summed E-state index contributed by atoms with van der Waals surface area (Å²) >= 11 is 1.53. The Morgan fingerprint density at radius 1 is 1.15 bits per heavy atom. The van der Waals surface area contributed by atoms with Crippen molar-refractivity contribution in [2.24, 2.45) is 0 Å². The van der Waals surface area contributed by atoms with Crippen molar-refractivity contribution in [1.29, 1.82) is 0 Å². The Morgan fingerprint density at radius 2 is 1.85 bits per heavy atom. The molecular formula is C19H16O7S. The van der Waals surface area contributed by atoms with Crippen molar-refractivity contribution in [2.45, 2.75) is 11.5 Å². The minimum absolute atomic E-state index is 0.104. The predicted octanol–water partition coefficient (Wildman–Crippen LogP) is 2.75. The Labute approximate surface area is 159 Å². The van der Waals surface area contributed by atoms with Crippen molar-refractivity contribution in [2.75, 3.05) is 21.0 Å². The van der Waals surface area contributed by atoms with E-state index in [0.29, 0.717) is 22.8 Å². The molecule has 0 bridgehead atoms. The van der Waals surface area contributed by atoms with Gasteiger partial charge in [-0.05, 0) is 23.6 Å². The van der Waals surface area contributed by atoms with E-state index in [4.69, 9.17) is 23.7 Å². The SMILES string of the molecule is COC(=O)C1(C(=O)OC)Oc2cc3c(cc2[C@@H]1/C=C/c1cccs1)OCO3. The van der Waals surface area contributed by atoms with Crippen LogP contribution in [0.3, 0.4) is 0 Å². The van der Waals surface area contributed by atoms with Crippen LogP contribution in [-0.2, 0) is 19.1 Å². The molecule has 2 aliphatic heterocycles. The fourth-order valence-corrected chi connectivity index (χ4v) is 3.90. The van der Waals surface area contributed by atoms with Crippen LogP contribution in [0.2, 0.25) is 0 Å². The van der Waals surface area contributed by atoms with Crippen molar-refractivity contribution in [3.05, 3.63) is 46.2 Å². The summed E-state index contributed by atoms with van der Waals surface area (Å²) in [6.07, 6.45) is 3.58. The molecule has 2 aliphatic rings. The molecule has 0 radical (unpaired) electrons. The zero-order chi connectivity index (χ0) is 19.0. The molecule has 1 aromatic heterocycles. The second kappa shape index (κ2) is 6.62. The third kappa shape index (κ3) is 2.64. The van der Waals surface area contributed by atoms with Gasteiger partial charge in [-0.1, -0.05) is 12.1 Å². The van der Waals surface area contributed by atoms with Gasteiger partial charge in [0.05, 0.1) is 20.1 Å². The maximum atomic E-state index is 12.7. The maximum Gasteiger partial charge on any atom is 0.363 e. The van der Waals surface area contributed by atoms with Gasteiger partial charge in [0.15, 0.2) is 11.5 Å². The molecule has 3 heterocycles. The lowest BCUT2D eigenvalue weighted by Crippen LogP contribution is -2.54. The van der Waals surface area contributed by atoms with E-state index in [1.807, 2.05) is 23.6 Å². The largest absolute Gasteiger partial charge is 0.466 e. The summed E-state index contributed by atoms with van der Waals surface area (Å²) in [7, 11) is 2.40. The maximum absolute atomic E-state index is 12.7. The van der Waals surface area contributed by atoms with E-state index in [9.17, 15) is 9.59 Å². The Balaban J connectivity index is 1.87. The number of rotatable bonds is 4. The molecule has 2 aromatic rings. The minimum atomic E-state index is -1.98. The van der Waals surface area contributed by atoms with Crippen LogP contribution in [0.1, 0.15) is 16.4 Å². The number of thiophene rings is 1. The van der Waals surface area contributed by atoms with Gasteiger partial charge in [-0.25, -0.2) is 9.59 Å². The third-order valence-electron chi connectivity index (χ3n) is 4.52. The Hall–Kier alpha value is -3.00. The first-order valence-corrected chi connectivity index (χ1v) is 8.99. The molecule has 0 saturated heterocycles. The molecule has 0 fully saturated rings. The molecule has 0 N–H and O–H groups in total. The smallest absolute Gasteiger partial charge is 0.363 e. The van der Waals surface area contributed by atoms with E-state index in [1.54, 1.807) is 18.2 Å². The van der Waals surface area contributed by atoms with E-state index in [0.717, 1.165) is 4.88 Å². The van der Waals surface area contributed by atoms with Crippen molar-refractivity contribution in [3.8, 4) is 17.2 Å². The molecule has 1 atom stereocenters. The van der Waals surface area contributed by atoms with Gasteiger partial charge in [-0.2, -0.15) is 0 Å². The van der Waals surface area contributed by atoms with Crippen LogP contribution in [0.5, 0.6) is 17.2 Å². The molecule has 7 nitrogen and oxygen atoms in total. The van der Waals surface area contributed by atoms with Gasteiger partial charge < -0.3 is 23.7 Å². The van der Waals surface area contributed by atoms with Gasteiger partial charge in [0.2, 0.25) is 6.79 Å². The lowest BCUT2D eigenvalue weighted by molar-refractivity contribution is -0.176. The van der Waals surface area contributed by atoms with E-state index < -0.39 is 23.5 Å². The predicted molar refractivity (Wildman–Crippen MR) is 96.1 cm³/mol. The molecule has 140 valence electrons. The first-order valence-electron chi connectivity index (χ1n) is 8.11. The molecule has 8 heteroatoms. The van der Waals surface area contributed by atoms with Crippen molar-refractivity contribution >= 4 is 29.4 Å². The lowest BCUT2D eigenvalue weighted by Gasteiger charge is -2.27. The molecule has 0 saturated carbocycles. The molecule has 4 rings (SSSR count). The molecule has 0 spiro atoms. The number of carbonyl (C=O) groups excluding carboxylic acids is 2. The highest BCUT2D eigenvalue weighted by atomic mass is 32.1. The van der Waals surface area contributed by atoms with Gasteiger partial charge in [-0.15, -0.1) is 11.3 Å². The number of benzene rings is 1. The van der Waals surface area contributed by atoms with Crippen molar-refractivity contribution in [1.82, 2.24) is 0 Å². The second-order valence-electron chi connectivity index (χ2n) is 5.92. The third-order valence-corrected chi connectivity index (χ3v) is 5.36. The lowest BCUT2D eigenvalue weighted by atomic mass is 9.83. The van der Waals surface area contributed by atoms with Gasteiger partial charge in [0, 0.05) is 16.5 Å². The first kappa shape index (κ1) is 17.4. The van der Waals surface area contributed by atoms with Crippen molar-refractivity contribution in [3.63, 3.8) is 0 Å². The number of ether oxygens (including phenoxy) is 5. The molecule has 1 aromatic carbocycles. The zero-order valence-electron chi connectivity index (χ0n) is 14.6. The fourth-order valence-electron chi connectivity index (χ4n) is 3.27. The highest BCUT2D eigenvalue weighted by Gasteiger charge is 2.62. The van der Waals surface area contributed by atoms with Crippen molar-refractivity contribution < 1.29 is 33.3 Å². The average Bonchev–Trinajstić information content (AvgIpc) is 3.41. The van der Waals surface area contributed by atoms with Crippen LogP contribution in [-0.4, -0.2) is 38.6 Å².